The summed E-state index contributed by atoms with van der Waals surface area (Å²) in [6.45, 7) is 2.52. The lowest BCUT2D eigenvalue weighted by atomic mass is 10.2. The van der Waals surface area contributed by atoms with Gasteiger partial charge in [0.2, 0.25) is 0 Å². The van der Waals surface area contributed by atoms with E-state index in [9.17, 15) is 0 Å². The van der Waals surface area contributed by atoms with E-state index in [1.807, 2.05) is 12.4 Å². The third-order valence-electron chi connectivity index (χ3n) is 3.44. The second kappa shape index (κ2) is 7.02. The van der Waals surface area contributed by atoms with E-state index >= 15 is 0 Å². The SMILES string of the molecule is c1csc(-c2nccn2CCCO[C@H]2CCCCO2)c1. The topological polar surface area (TPSA) is 36.3 Å². The molecule has 0 radical (unpaired) electrons. The first-order valence-corrected chi connectivity index (χ1v) is 8.09. The molecule has 0 spiro atoms. The molecule has 0 amide bonds. The van der Waals surface area contributed by atoms with Gasteiger partial charge in [0, 0.05) is 25.5 Å². The number of aromatic nitrogens is 2. The molecule has 2 aromatic rings. The van der Waals surface area contributed by atoms with Crippen molar-refractivity contribution in [2.75, 3.05) is 13.2 Å². The Morgan fingerprint density at radius 1 is 1.45 bits per heavy atom. The molecule has 3 heterocycles. The molecule has 108 valence electrons. The third kappa shape index (κ3) is 3.48. The van der Waals surface area contributed by atoms with Crippen molar-refractivity contribution in [3.05, 3.63) is 29.9 Å². The van der Waals surface area contributed by atoms with Crippen LogP contribution in [0.25, 0.3) is 10.7 Å². The van der Waals surface area contributed by atoms with Gasteiger partial charge in [0.25, 0.3) is 0 Å². The van der Waals surface area contributed by atoms with Crippen molar-refractivity contribution in [2.45, 2.75) is 38.5 Å². The molecule has 0 unspecified atom stereocenters. The number of ether oxygens (including phenoxy) is 2. The second-order valence-electron chi connectivity index (χ2n) is 4.94. The Hall–Kier alpha value is -1.17. The summed E-state index contributed by atoms with van der Waals surface area (Å²) < 4.78 is 13.5. The van der Waals surface area contributed by atoms with Crippen molar-refractivity contribution in [1.29, 1.82) is 0 Å². The van der Waals surface area contributed by atoms with Crippen LogP contribution in [0.5, 0.6) is 0 Å². The normalized spacial score (nSPS) is 19.3. The smallest absolute Gasteiger partial charge is 0.157 e. The van der Waals surface area contributed by atoms with Gasteiger partial charge in [-0.2, -0.15) is 0 Å². The van der Waals surface area contributed by atoms with E-state index < -0.39 is 0 Å². The summed E-state index contributed by atoms with van der Waals surface area (Å²) in [5, 5.41) is 2.08. The highest BCUT2D eigenvalue weighted by Gasteiger charge is 2.13. The Bertz CT molecular complexity index is 504. The molecule has 1 fully saturated rings. The predicted octanol–water partition coefficient (Wildman–Crippen LogP) is 3.54. The van der Waals surface area contributed by atoms with Gasteiger partial charge < -0.3 is 14.0 Å². The van der Waals surface area contributed by atoms with Crippen LogP contribution in [0.2, 0.25) is 0 Å². The Labute approximate surface area is 123 Å². The maximum atomic E-state index is 5.76. The molecule has 0 aliphatic carbocycles. The molecule has 0 saturated carbocycles. The van der Waals surface area contributed by atoms with Gasteiger partial charge in [-0.3, -0.25) is 0 Å². The molecule has 4 nitrogen and oxygen atoms in total. The molecule has 0 bridgehead atoms. The molecule has 3 rings (SSSR count). The van der Waals surface area contributed by atoms with Crippen molar-refractivity contribution in [2.24, 2.45) is 0 Å². The average Bonchev–Trinajstić information content (AvgIpc) is 3.15. The second-order valence-corrected chi connectivity index (χ2v) is 5.89. The summed E-state index contributed by atoms with van der Waals surface area (Å²) in [5.74, 6) is 1.05. The minimum Gasteiger partial charge on any atom is -0.353 e. The fraction of sp³-hybridized carbons (Fsp3) is 0.533. The Kier molecular flexibility index (Phi) is 4.84. The van der Waals surface area contributed by atoms with E-state index in [0.29, 0.717) is 0 Å². The molecule has 1 aliphatic heterocycles. The van der Waals surface area contributed by atoms with E-state index in [4.69, 9.17) is 9.47 Å². The Morgan fingerprint density at radius 3 is 3.25 bits per heavy atom. The van der Waals surface area contributed by atoms with Crippen LogP contribution in [0.3, 0.4) is 0 Å². The van der Waals surface area contributed by atoms with Crippen LogP contribution >= 0.6 is 11.3 Å². The summed E-state index contributed by atoms with van der Waals surface area (Å²) >= 11 is 1.72. The maximum Gasteiger partial charge on any atom is 0.157 e. The third-order valence-corrected chi connectivity index (χ3v) is 4.31. The number of imidazole rings is 1. The van der Waals surface area contributed by atoms with E-state index in [1.54, 1.807) is 11.3 Å². The van der Waals surface area contributed by atoms with Crippen LogP contribution in [-0.4, -0.2) is 29.1 Å². The number of aryl methyl sites for hydroxylation is 1. The lowest BCUT2D eigenvalue weighted by Gasteiger charge is -2.22. The average molecular weight is 292 g/mol. The highest BCUT2D eigenvalue weighted by Crippen LogP contribution is 2.23. The lowest BCUT2D eigenvalue weighted by molar-refractivity contribution is -0.162. The molecule has 0 aromatic carbocycles. The monoisotopic (exact) mass is 292 g/mol. The standard InChI is InChI=1S/C15H20N2O2S/c1-2-10-18-14(6-1)19-11-4-8-17-9-7-16-15(17)13-5-3-12-20-13/h3,5,7,9,12,14H,1-2,4,6,8,10-11H2/t14-/m0/s1. The quantitative estimate of drug-likeness (QED) is 0.764. The van der Waals surface area contributed by atoms with Crippen molar-refractivity contribution in [3.63, 3.8) is 0 Å². The van der Waals surface area contributed by atoms with E-state index in [-0.39, 0.29) is 6.29 Å². The molecular weight excluding hydrogens is 272 g/mol. The summed E-state index contributed by atoms with van der Waals surface area (Å²) in [4.78, 5) is 5.65. The van der Waals surface area contributed by atoms with Gasteiger partial charge in [0.1, 0.15) is 5.82 Å². The van der Waals surface area contributed by atoms with Gasteiger partial charge in [0.05, 0.1) is 11.5 Å². The van der Waals surface area contributed by atoms with Gasteiger partial charge in [0.15, 0.2) is 6.29 Å². The summed E-state index contributed by atoms with van der Waals surface area (Å²) in [6, 6.07) is 4.17. The highest BCUT2D eigenvalue weighted by atomic mass is 32.1. The van der Waals surface area contributed by atoms with Crippen LogP contribution in [0, 0.1) is 0 Å². The van der Waals surface area contributed by atoms with Crippen LogP contribution in [0.15, 0.2) is 29.9 Å². The Morgan fingerprint density at radius 2 is 2.45 bits per heavy atom. The molecule has 20 heavy (non-hydrogen) atoms. The lowest BCUT2D eigenvalue weighted by Crippen LogP contribution is -2.23. The number of thiophene rings is 1. The van der Waals surface area contributed by atoms with Gasteiger partial charge in [-0.1, -0.05) is 6.07 Å². The first-order chi connectivity index (χ1) is 9.93. The predicted molar refractivity (Wildman–Crippen MR) is 79.7 cm³/mol. The summed E-state index contributed by atoms with van der Waals surface area (Å²) in [6.07, 6.45) is 8.31. The molecule has 2 aromatic heterocycles. The summed E-state index contributed by atoms with van der Waals surface area (Å²) in [5.41, 5.74) is 0. The van der Waals surface area contributed by atoms with E-state index in [0.717, 1.165) is 38.4 Å². The molecular formula is C15H20N2O2S. The molecule has 1 aliphatic rings. The van der Waals surface area contributed by atoms with Gasteiger partial charge in [-0.25, -0.2) is 4.98 Å². The fourth-order valence-electron chi connectivity index (χ4n) is 2.41. The van der Waals surface area contributed by atoms with Crippen LogP contribution < -0.4 is 0 Å². The first-order valence-electron chi connectivity index (χ1n) is 7.22. The summed E-state index contributed by atoms with van der Waals surface area (Å²) in [7, 11) is 0. The first kappa shape index (κ1) is 13.8. The van der Waals surface area contributed by atoms with Crippen LogP contribution in [0.4, 0.5) is 0 Å². The number of hydrogen-bond acceptors (Lipinski definition) is 4. The van der Waals surface area contributed by atoms with Gasteiger partial charge in [-0.15, -0.1) is 11.3 Å². The zero-order chi connectivity index (χ0) is 13.6. The molecule has 5 heteroatoms. The Balaban J connectivity index is 1.46. The largest absolute Gasteiger partial charge is 0.353 e. The number of hydrogen-bond donors (Lipinski definition) is 0. The van der Waals surface area contributed by atoms with Crippen molar-refractivity contribution in [3.8, 4) is 10.7 Å². The minimum absolute atomic E-state index is 0.0169. The molecule has 1 saturated heterocycles. The van der Waals surface area contributed by atoms with E-state index in [2.05, 4.69) is 27.1 Å². The van der Waals surface area contributed by atoms with Crippen LogP contribution in [-0.2, 0) is 16.0 Å². The maximum absolute atomic E-state index is 5.76. The zero-order valence-electron chi connectivity index (χ0n) is 11.5. The van der Waals surface area contributed by atoms with Crippen molar-refractivity contribution >= 4 is 11.3 Å². The van der Waals surface area contributed by atoms with Gasteiger partial charge >= 0.3 is 0 Å². The van der Waals surface area contributed by atoms with Crippen LogP contribution in [0.1, 0.15) is 25.7 Å². The van der Waals surface area contributed by atoms with Crippen molar-refractivity contribution < 1.29 is 9.47 Å². The van der Waals surface area contributed by atoms with Gasteiger partial charge in [-0.05, 0) is 37.1 Å². The minimum atomic E-state index is 0.0169. The molecule has 0 N–H and O–H groups in total. The number of rotatable bonds is 6. The highest BCUT2D eigenvalue weighted by molar-refractivity contribution is 7.13. The van der Waals surface area contributed by atoms with Crippen molar-refractivity contribution in [1.82, 2.24) is 9.55 Å². The molecule has 1 atom stereocenters. The fourth-order valence-corrected chi connectivity index (χ4v) is 3.15. The number of nitrogens with zero attached hydrogens (tertiary/aromatic N) is 2. The van der Waals surface area contributed by atoms with E-state index in [1.165, 1.54) is 17.7 Å². The zero-order valence-corrected chi connectivity index (χ0v) is 12.3.